The van der Waals surface area contributed by atoms with Crippen LogP contribution in [0.2, 0.25) is 0 Å². The molecule has 0 heterocycles. The molecule has 0 aromatic heterocycles. The molecule has 0 aliphatic heterocycles. The normalized spacial score (nSPS) is 9.64. The number of nitrogens with zero attached hydrogens (tertiary/aromatic N) is 1. The molecule has 0 radical (unpaired) electrons. The lowest BCUT2D eigenvalue weighted by Crippen LogP contribution is -2.22. The van der Waals surface area contributed by atoms with Crippen molar-refractivity contribution in [3.8, 4) is 5.75 Å². The third-order valence-electron chi connectivity index (χ3n) is 2.18. The zero-order valence-corrected chi connectivity index (χ0v) is 8.66. The predicted molar refractivity (Wildman–Crippen MR) is 57.9 cm³/mol. The topological polar surface area (TPSA) is 73.6 Å². The lowest BCUT2D eigenvalue weighted by molar-refractivity contribution is 0.411. The van der Waals surface area contributed by atoms with Crippen molar-refractivity contribution in [2.45, 2.75) is 13.8 Å². The fourth-order valence-corrected chi connectivity index (χ4v) is 1.26. The maximum Gasteiger partial charge on any atom is 0.191 e. The van der Waals surface area contributed by atoms with Crippen LogP contribution in [0, 0.1) is 13.8 Å². The van der Waals surface area contributed by atoms with E-state index >= 15 is 0 Å². The molecule has 4 heteroatoms. The third-order valence-corrected chi connectivity index (χ3v) is 2.18. The molecule has 0 atom stereocenters. The summed E-state index contributed by atoms with van der Waals surface area (Å²) in [5.41, 5.74) is 13.5. The van der Waals surface area contributed by atoms with E-state index in [2.05, 4.69) is 4.99 Å². The van der Waals surface area contributed by atoms with E-state index < -0.39 is 0 Å². The highest BCUT2D eigenvalue weighted by molar-refractivity contribution is 5.79. The number of ether oxygens (including phenoxy) is 1. The first-order chi connectivity index (χ1) is 6.56. The van der Waals surface area contributed by atoms with Gasteiger partial charge in [-0.1, -0.05) is 0 Å². The summed E-state index contributed by atoms with van der Waals surface area (Å²) in [6.07, 6.45) is 0. The number of methoxy groups -OCH3 is 1. The molecule has 4 N–H and O–H groups in total. The van der Waals surface area contributed by atoms with Crippen molar-refractivity contribution in [3.63, 3.8) is 0 Å². The Labute approximate surface area is 83.6 Å². The van der Waals surface area contributed by atoms with Crippen molar-refractivity contribution in [3.05, 3.63) is 23.3 Å². The fraction of sp³-hybridized carbons (Fsp3) is 0.300. The number of aliphatic imine (C=N–C) groups is 1. The summed E-state index contributed by atoms with van der Waals surface area (Å²) < 4.78 is 5.17. The minimum absolute atomic E-state index is 0.0673. The van der Waals surface area contributed by atoms with Crippen molar-refractivity contribution < 1.29 is 4.74 Å². The number of guanidine groups is 1. The molecule has 0 aliphatic rings. The molecule has 0 unspecified atom stereocenters. The molecule has 14 heavy (non-hydrogen) atoms. The van der Waals surface area contributed by atoms with Crippen LogP contribution in [0.1, 0.15) is 11.1 Å². The van der Waals surface area contributed by atoms with Crippen LogP contribution in [0.3, 0.4) is 0 Å². The second-order valence-electron chi connectivity index (χ2n) is 3.07. The lowest BCUT2D eigenvalue weighted by Gasteiger charge is -2.09. The van der Waals surface area contributed by atoms with Crippen LogP contribution in [0.15, 0.2) is 17.1 Å². The van der Waals surface area contributed by atoms with Gasteiger partial charge in [0.15, 0.2) is 5.96 Å². The Morgan fingerprint density at radius 1 is 1.21 bits per heavy atom. The molecule has 76 valence electrons. The van der Waals surface area contributed by atoms with Gasteiger partial charge in [0.1, 0.15) is 5.75 Å². The molecule has 0 spiro atoms. The van der Waals surface area contributed by atoms with Crippen molar-refractivity contribution in [2.75, 3.05) is 7.11 Å². The number of hydrogen-bond donors (Lipinski definition) is 2. The van der Waals surface area contributed by atoms with Gasteiger partial charge in [0.05, 0.1) is 12.8 Å². The number of benzene rings is 1. The predicted octanol–water partition coefficient (Wildman–Crippen LogP) is 1.22. The third kappa shape index (κ3) is 1.96. The summed E-state index contributed by atoms with van der Waals surface area (Å²) in [7, 11) is 1.64. The highest BCUT2D eigenvalue weighted by Gasteiger charge is 2.05. The van der Waals surface area contributed by atoms with Gasteiger partial charge in [-0.2, -0.15) is 0 Å². The van der Waals surface area contributed by atoms with Gasteiger partial charge in [0.25, 0.3) is 0 Å². The SMILES string of the molecule is COc1ccc(N=C(N)N)c(C)c1C. The Morgan fingerprint density at radius 3 is 2.36 bits per heavy atom. The Kier molecular flexibility index (Phi) is 2.96. The molecule has 0 bridgehead atoms. The fourth-order valence-electron chi connectivity index (χ4n) is 1.26. The average Bonchev–Trinajstić information content (AvgIpc) is 2.13. The molecule has 0 saturated heterocycles. The number of rotatable bonds is 2. The molecule has 1 aromatic rings. The molecule has 0 fully saturated rings. The molecule has 0 aliphatic carbocycles. The highest BCUT2D eigenvalue weighted by atomic mass is 16.5. The van der Waals surface area contributed by atoms with Gasteiger partial charge in [-0.05, 0) is 37.1 Å². The summed E-state index contributed by atoms with van der Waals surface area (Å²) in [4.78, 5) is 4.01. The van der Waals surface area contributed by atoms with Crippen molar-refractivity contribution >= 4 is 11.6 Å². The number of hydrogen-bond acceptors (Lipinski definition) is 2. The van der Waals surface area contributed by atoms with E-state index in [1.165, 1.54) is 0 Å². The maximum absolute atomic E-state index is 5.31. The van der Waals surface area contributed by atoms with Crippen LogP contribution in [0.25, 0.3) is 0 Å². The molecule has 0 saturated carbocycles. The van der Waals surface area contributed by atoms with E-state index in [9.17, 15) is 0 Å². The average molecular weight is 193 g/mol. The van der Waals surface area contributed by atoms with Crippen LogP contribution in [-0.2, 0) is 0 Å². The molecule has 4 nitrogen and oxygen atoms in total. The van der Waals surface area contributed by atoms with Gasteiger partial charge in [0, 0.05) is 0 Å². The molecule has 0 amide bonds. The smallest absolute Gasteiger partial charge is 0.191 e. The minimum atomic E-state index is 0.0673. The molecule has 1 aromatic carbocycles. The Morgan fingerprint density at radius 2 is 1.86 bits per heavy atom. The van der Waals surface area contributed by atoms with E-state index in [4.69, 9.17) is 16.2 Å². The molecule has 1 rings (SSSR count). The van der Waals surface area contributed by atoms with E-state index in [0.717, 1.165) is 22.6 Å². The first kappa shape index (κ1) is 10.4. The van der Waals surface area contributed by atoms with Gasteiger partial charge in [-0.25, -0.2) is 4.99 Å². The number of nitrogens with two attached hydrogens (primary N) is 2. The van der Waals surface area contributed by atoms with Crippen molar-refractivity contribution in [2.24, 2.45) is 16.5 Å². The van der Waals surface area contributed by atoms with Crippen LogP contribution < -0.4 is 16.2 Å². The van der Waals surface area contributed by atoms with E-state index in [0.29, 0.717) is 0 Å². The second-order valence-corrected chi connectivity index (χ2v) is 3.07. The summed E-state index contributed by atoms with van der Waals surface area (Å²) >= 11 is 0. The molecular weight excluding hydrogens is 178 g/mol. The first-order valence-corrected chi connectivity index (χ1v) is 4.30. The van der Waals surface area contributed by atoms with E-state index in [1.807, 2.05) is 26.0 Å². The largest absolute Gasteiger partial charge is 0.496 e. The quantitative estimate of drug-likeness (QED) is 0.547. The Bertz CT molecular complexity index is 368. The minimum Gasteiger partial charge on any atom is -0.496 e. The highest BCUT2D eigenvalue weighted by Crippen LogP contribution is 2.28. The second kappa shape index (κ2) is 4.00. The van der Waals surface area contributed by atoms with Crippen molar-refractivity contribution in [1.82, 2.24) is 0 Å². The van der Waals surface area contributed by atoms with Gasteiger partial charge < -0.3 is 16.2 Å². The summed E-state index contributed by atoms with van der Waals surface area (Å²) in [6, 6.07) is 3.69. The van der Waals surface area contributed by atoms with Crippen LogP contribution in [0.4, 0.5) is 5.69 Å². The first-order valence-electron chi connectivity index (χ1n) is 4.30. The van der Waals surface area contributed by atoms with Crippen LogP contribution in [0.5, 0.6) is 5.75 Å². The van der Waals surface area contributed by atoms with Crippen LogP contribution in [-0.4, -0.2) is 13.1 Å². The summed E-state index contributed by atoms with van der Waals surface area (Å²) in [5.74, 6) is 0.912. The van der Waals surface area contributed by atoms with Crippen LogP contribution >= 0.6 is 0 Å². The Balaban J connectivity index is 3.24. The maximum atomic E-state index is 5.31. The van der Waals surface area contributed by atoms with E-state index in [-0.39, 0.29) is 5.96 Å². The van der Waals surface area contributed by atoms with Gasteiger partial charge in [-0.15, -0.1) is 0 Å². The zero-order chi connectivity index (χ0) is 10.7. The monoisotopic (exact) mass is 193 g/mol. The zero-order valence-electron chi connectivity index (χ0n) is 8.66. The molecular formula is C10H15N3O. The summed E-state index contributed by atoms with van der Waals surface area (Å²) in [6.45, 7) is 3.93. The summed E-state index contributed by atoms with van der Waals surface area (Å²) in [5, 5.41) is 0. The van der Waals surface area contributed by atoms with Gasteiger partial charge in [0.2, 0.25) is 0 Å². The Hall–Kier alpha value is -1.71. The standard InChI is InChI=1S/C10H15N3O/c1-6-7(2)9(14-3)5-4-8(6)13-10(11)12/h4-5H,1-3H3,(H4,11,12,13). The van der Waals surface area contributed by atoms with Crippen molar-refractivity contribution in [1.29, 1.82) is 0 Å². The van der Waals surface area contributed by atoms with E-state index in [1.54, 1.807) is 7.11 Å². The lowest BCUT2D eigenvalue weighted by atomic mass is 10.1. The van der Waals surface area contributed by atoms with Gasteiger partial charge in [-0.3, -0.25) is 0 Å². The van der Waals surface area contributed by atoms with Gasteiger partial charge >= 0.3 is 0 Å².